The van der Waals surface area contributed by atoms with Crippen LogP contribution in [-0.2, 0) is 16.1 Å². The number of aliphatic hydroxyl groups is 1. The van der Waals surface area contributed by atoms with Gasteiger partial charge in [0.15, 0.2) is 17.3 Å². The lowest BCUT2D eigenvalue weighted by molar-refractivity contribution is -0.207. The number of tetrazole rings is 1. The molecule has 8 rings (SSSR count). The van der Waals surface area contributed by atoms with E-state index >= 15 is 0 Å². The van der Waals surface area contributed by atoms with E-state index in [9.17, 15) is 9.90 Å². The molecule has 266 valence electrons. The van der Waals surface area contributed by atoms with Crippen LogP contribution in [-0.4, -0.2) is 50.8 Å². The summed E-state index contributed by atoms with van der Waals surface area (Å²) < 4.78 is 19.0. The highest BCUT2D eigenvalue weighted by molar-refractivity contribution is 5.79. The third-order valence-corrected chi connectivity index (χ3v) is 16.1. The highest BCUT2D eigenvalue weighted by Gasteiger charge is 2.69. The van der Waals surface area contributed by atoms with Gasteiger partial charge in [0.05, 0.1) is 18.1 Å². The van der Waals surface area contributed by atoms with Gasteiger partial charge in [0.25, 0.3) is 0 Å². The number of aromatic nitrogens is 4. The molecule has 2 heterocycles. The Kier molecular flexibility index (Phi) is 7.65. The van der Waals surface area contributed by atoms with Gasteiger partial charge in [0.1, 0.15) is 6.61 Å². The van der Waals surface area contributed by atoms with Gasteiger partial charge in [-0.3, -0.25) is 4.79 Å². The zero-order chi connectivity index (χ0) is 34.6. The molecule has 4 fully saturated rings. The number of ether oxygens (including phenoxy) is 3. The summed E-state index contributed by atoms with van der Waals surface area (Å²) in [4.78, 5) is 14.5. The Morgan fingerprint density at radius 3 is 2.59 bits per heavy atom. The highest BCUT2D eigenvalue weighted by Crippen LogP contribution is 2.75. The minimum absolute atomic E-state index is 0.0375. The lowest BCUT2D eigenvalue weighted by atomic mass is 9.33. The van der Waals surface area contributed by atoms with Gasteiger partial charge >= 0.3 is 5.97 Å². The summed E-state index contributed by atoms with van der Waals surface area (Å²) in [6, 6.07) is 5.67. The first-order chi connectivity index (χ1) is 23.3. The molecule has 9 nitrogen and oxygen atoms in total. The maximum Gasteiger partial charge on any atom is 0.312 e. The summed E-state index contributed by atoms with van der Waals surface area (Å²) >= 11 is 0. The van der Waals surface area contributed by atoms with Crippen LogP contribution in [0.4, 0.5) is 0 Å². The van der Waals surface area contributed by atoms with Crippen molar-refractivity contribution < 1.29 is 24.1 Å². The summed E-state index contributed by atoms with van der Waals surface area (Å²) in [5.41, 5.74) is 2.21. The van der Waals surface area contributed by atoms with Crippen LogP contribution in [0.2, 0.25) is 0 Å². The zero-order valence-corrected chi connectivity index (χ0v) is 30.6. The Morgan fingerprint density at radius 2 is 1.78 bits per heavy atom. The second kappa shape index (κ2) is 11.3. The van der Waals surface area contributed by atoms with Gasteiger partial charge in [0.2, 0.25) is 6.79 Å². The smallest absolute Gasteiger partial charge is 0.312 e. The summed E-state index contributed by atoms with van der Waals surface area (Å²) in [7, 11) is 0. The summed E-state index contributed by atoms with van der Waals surface area (Å²) in [6.45, 7) is 18.0. The fourth-order valence-electron chi connectivity index (χ4n) is 12.8. The Balaban J connectivity index is 1.05. The Morgan fingerprint density at radius 1 is 0.980 bits per heavy atom. The fraction of sp³-hybridized carbons (Fsp3) is 0.750. The lowest BCUT2D eigenvalue weighted by Crippen LogP contribution is -2.65. The Bertz CT molecular complexity index is 1670. The number of hydrogen-bond donors (Lipinski definition) is 1. The SMILES string of the molecule is C[C@H]1[C@H](C)CC[C@]2(C(=O)OCCn3nnnc3-c3ccc4c(c3)OCO4)CC[C@]3(C)C(=CC[C@@H]4[C@@]5(C)CC[C@H](O)C(C)(C)[C@@H]5CC[C@]43C)[C@H]12. The molecule has 0 saturated heterocycles. The van der Waals surface area contributed by atoms with Gasteiger partial charge in [-0.25, -0.2) is 4.68 Å². The van der Waals surface area contributed by atoms with Gasteiger partial charge in [-0.05, 0) is 138 Å². The summed E-state index contributed by atoms with van der Waals surface area (Å²) in [6.07, 6.45) is 11.7. The number of rotatable bonds is 5. The van der Waals surface area contributed by atoms with E-state index in [1.807, 2.05) is 18.2 Å². The normalized spacial score (nSPS) is 41.8. The van der Waals surface area contributed by atoms with Gasteiger partial charge < -0.3 is 19.3 Å². The van der Waals surface area contributed by atoms with Gasteiger partial charge in [-0.2, -0.15) is 0 Å². The van der Waals surface area contributed by atoms with Crippen LogP contribution in [0.1, 0.15) is 106 Å². The number of fused-ring (bicyclic) bond motifs is 8. The molecule has 1 aliphatic heterocycles. The van der Waals surface area contributed by atoms with Gasteiger partial charge in [0, 0.05) is 5.56 Å². The molecule has 0 bridgehead atoms. The molecule has 4 saturated carbocycles. The number of esters is 1. The highest BCUT2D eigenvalue weighted by atomic mass is 16.7. The second-order valence-electron chi connectivity index (χ2n) is 18.1. The standard InChI is InChI=1S/C40H56N4O5/c1-24-12-17-40(35(46)47-21-20-44-34(41-42-43-44)26-8-10-28-29(22-26)49-23-48-28)19-18-38(6)27(33(40)25(24)2)9-11-31-37(5)15-14-32(45)36(3,4)30(37)13-16-39(31,38)7/h8-10,22,24-25,30-33,45H,11-21,23H2,1-7H3/t24-,25+,30+,31-,32+,33+,37+,38-,39-,40+/m1/s1. The van der Waals surface area contributed by atoms with Crippen LogP contribution in [0.3, 0.4) is 0 Å². The van der Waals surface area contributed by atoms with Crippen molar-refractivity contribution in [3.63, 3.8) is 0 Å². The molecule has 0 spiro atoms. The molecule has 0 amide bonds. The monoisotopic (exact) mass is 672 g/mol. The fourth-order valence-corrected chi connectivity index (χ4v) is 12.8. The van der Waals surface area contributed by atoms with E-state index in [0.717, 1.165) is 50.5 Å². The molecule has 1 aromatic carbocycles. The molecule has 49 heavy (non-hydrogen) atoms. The number of carbonyl (C=O) groups is 1. The van der Waals surface area contributed by atoms with Gasteiger partial charge in [-0.1, -0.05) is 60.1 Å². The zero-order valence-electron chi connectivity index (χ0n) is 30.6. The third kappa shape index (κ3) is 4.58. The van der Waals surface area contributed by atoms with Crippen molar-refractivity contribution in [2.45, 2.75) is 119 Å². The predicted octanol–water partition coefficient (Wildman–Crippen LogP) is 7.63. The van der Waals surface area contributed by atoms with E-state index in [4.69, 9.17) is 14.2 Å². The van der Waals surface area contributed by atoms with E-state index in [2.05, 4.69) is 70.1 Å². The summed E-state index contributed by atoms with van der Waals surface area (Å²) in [5, 5.41) is 23.5. The first-order valence-corrected chi connectivity index (χ1v) is 19.0. The van der Waals surface area contributed by atoms with Crippen molar-refractivity contribution in [2.24, 2.45) is 56.7 Å². The number of benzene rings is 1. The first kappa shape index (κ1) is 33.2. The average molecular weight is 673 g/mol. The molecule has 1 aromatic heterocycles. The quantitative estimate of drug-likeness (QED) is 0.255. The minimum Gasteiger partial charge on any atom is -0.463 e. The van der Waals surface area contributed by atoms with Gasteiger partial charge in [-0.15, -0.1) is 5.10 Å². The first-order valence-electron chi connectivity index (χ1n) is 19.0. The van der Waals surface area contributed by atoms with Crippen LogP contribution in [0.15, 0.2) is 29.8 Å². The Hall–Kier alpha value is -2.94. The molecule has 10 atom stereocenters. The van der Waals surface area contributed by atoms with E-state index in [-0.39, 0.29) is 53.1 Å². The van der Waals surface area contributed by atoms with E-state index < -0.39 is 5.41 Å². The van der Waals surface area contributed by atoms with Crippen LogP contribution in [0, 0.1) is 56.7 Å². The van der Waals surface area contributed by atoms with Crippen LogP contribution < -0.4 is 9.47 Å². The van der Waals surface area contributed by atoms with E-state index in [1.165, 1.54) is 12.8 Å². The molecular weight excluding hydrogens is 616 g/mol. The molecule has 6 aliphatic rings. The van der Waals surface area contributed by atoms with Crippen molar-refractivity contribution in [2.75, 3.05) is 13.4 Å². The summed E-state index contributed by atoms with van der Waals surface area (Å²) in [5.74, 6) is 4.20. The van der Waals surface area contributed by atoms with Crippen LogP contribution in [0.5, 0.6) is 11.5 Å². The molecule has 9 heteroatoms. The van der Waals surface area contributed by atoms with E-state index in [1.54, 1.807) is 10.3 Å². The molecule has 1 N–H and O–H groups in total. The molecule has 5 aliphatic carbocycles. The van der Waals surface area contributed by atoms with E-state index in [0.29, 0.717) is 47.5 Å². The maximum absolute atomic E-state index is 14.5. The molecule has 2 aromatic rings. The Labute approximate surface area is 291 Å². The number of hydrogen-bond acceptors (Lipinski definition) is 8. The average Bonchev–Trinajstić information content (AvgIpc) is 3.74. The minimum atomic E-state index is -0.501. The van der Waals surface area contributed by atoms with Crippen molar-refractivity contribution in [1.82, 2.24) is 20.2 Å². The largest absolute Gasteiger partial charge is 0.463 e. The third-order valence-electron chi connectivity index (χ3n) is 16.1. The number of allylic oxidation sites excluding steroid dienone is 2. The van der Waals surface area contributed by atoms with Crippen LogP contribution >= 0.6 is 0 Å². The van der Waals surface area contributed by atoms with Crippen molar-refractivity contribution in [3.8, 4) is 22.9 Å². The van der Waals surface area contributed by atoms with Crippen LogP contribution in [0.25, 0.3) is 11.4 Å². The molecule has 0 radical (unpaired) electrons. The predicted molar refractivity (Wildman–Crippen MR) is 185 cm³/mol. The van der Waals surface area contributed by atoms with Crippen molar-refractivity contribution >= 4 is 5.97 Å². The second-order valence-corrected chi connectivity index (χ2v) is 18.1. The topological polar surface area (TPSA) is 109 Å². The molecule has 0 unspecified atom stereocenters. The maximum atomic E-state index is 14.5. The van der Waals surface area contributed by atoms with Crippen molar-refractivity contribution in [3.05, 3.63) is 29.8 Å². The number of carbonyl (C=O) groups excluding carboxylic acids is 1. The number of nitrogens with zero attached hydrogens (tertiary/aromatic N) is 4. The molecular formula is C40H56N4O5. The van der Waals surface area contributed by atoms with Crippen molar-refractivity contribution in [1.29, 1.82) is 0 Å². The number of aliphatic hydroxyl groups excluding tert-OH is 1. The lowest BCUT2D eigenvalue weighted by Gasteiger charge is -2.71.